The highest BCUT2D eigenvalue weighted by Gasteiger charge is 2.44. The van der Waals surface area contributed by atoms with E-state index in [0.29, 0.717) is 24.6 Å². The van der Waals surface area contributed by atoms with Crippen molar-refractivity contribution in [3.63, 3.8) is 0 Å². The molecule has 0 amide bonds. The Morgan fingerprint density at radius 3 is 2.32 bits per heavy atom. The fraction of sp³-hybridized carbons (Fsp3) is 0.222. The summed E-state index contributed by atoms with van der Waals surface area (Å²) in [5, 5.41) is 26.8. The maximum atomic E-state index is 13.1. The number of aromatic hydroxyl groups is 2. The Balaban J connectivity index is 1.74. The Morgan fingerprint density at radius 2 is 1.64 bits per heavy atom. The van der Waals surface area contributed by atoms with Gasteiger partial charge >= 0.3 is 0 Å². The maximum Gasteiger partial charge on any atom is 0.200 e. The first-order chi connectivity index (χ1) is 12.0. The number of anilines is 2. The number of nitrogens with one attached hydrogen (secondary N) is 2. The normalized spacial score (nSPS) is 23.0. The van der Waals surface area contributed by atoms with Crippen LogP contribution in [0.4, 0.5) is 11.4 Å². The van der Waals surface area contributed by atoms with Crippen LogP contribution in [0.2, 0.25) is 0 Å². The molecule has 2 aromatic carbocycles. The van der Waals surface area contributed by atoms with Gasteiger partial charge in [0, 0.05) is 12.0 Å². The summed E-state index contributed by atoms with van der Waals surface area (Å²) in [6, 6.07) is 5.74. The van der Waals surface area contributed by atoms with E-state index in [1.807, 2.05) is 0 Å². The molecule has 1 fully saturated rings. The first kappa shape index (κ1) is 14.3. The number of hydrogen-bond acceptors (Lipinski definition) is 7. The number of hydrogen-bond donors (Lipinski definition) is 4. The van der Waals surface area contributed by atoms with Crippen molar-refractivity contribution in [2.45, 2.75) is 12.1 Å². The van der Waals surface area contributed by atoms with Crippen LogP contribution in [0.25, 0.3) is 0 Å². The van der Waals surface area contributed by atoms with Crippen LogP contribution in [0.1, 0.15) is 38.3 Å². The fourth-order valence-corrected chi connectivity index (χ4v) is 3.85. The minimum atomic E-state index is -0.486. The molecule has 1 spiro atoms. The number of phenols is 2. The monoisotopic (exact) mass is 338 g/mol. The lowest BCUT2D eigenvalue weighted by molar-refractivity contribution is 0.0975. The van der Waals surface area contributed by atoms with Gasteiger partial charge in [-0.05, 0) is 24.3 Å². The molecule has 2 aromatic rings. The zero-order valence-electron chi connectivity index (χ0n) is 13.0. The summed E-state index contributed by atoms with van der Waals surface area (Å²) in [6.45, 7) is 1.04. The Morgan fingerprint density at radius 1 is 0.920 bits per heavy atom. The summed E-state index contributed by atoms with van der Waals surface area (Å²) in [7, 11) is 0. The molecule has 126 valence electrons. The van der Waals surface area contributed by atoms with Crippen LogP contribution in [0.3, 0.4) is 0 Å². The van der Waals surface area contributed by atoms with Crippen molar-refractivity contribution in [1.82, 2.24) is 0 Å². The average molecular weight is 338 g/mol. The number of fused-ring (bicyclic) bond motifs is 4. The molecule has 5 rings (SSSR count). The minimum absolute atomic E-state index is 0.151. The minimum Gasteiger partial charge on any atom is -0.507 e. The molecule has 2 heterocycles. The van der Waals surface area contributed by atoms with Gasteiger partial charge in [-0.25, -0.2) is 0 Å². The standard InChI is InChI=1S/C18H14N2O5/c21-10-3-4-11(22)14-13(10)16(23)8-1-2-9-15(12(8)17(14)24)20-18(19-9)5-6-25-7-18/h1-4,19-22H,5-7H2. The van der Waals surface area contributed by atoms with Gasteiger partial charge in [0.25, 0.3) is 0 Å². The van der Waals surface area contributed by atoms with Gasteiger partial charge in [-0.15, -0.1) is 0 Å². The van der Waals surface area contributed by atoms with Crippen molar-refractivity contribution in [3.8, 4) is 11.5 Å². The van der Waals surface area contributed by atoms with Crippen molar-refractivity contribution < 1.29 is 24.5 Å². The van der Waals surface area contributed by atoms with Crippen molar-refractivity contribution in [2.24, 2.45) is 0 Å². The van der Waals surface area contributed by atoms with Gasteiger partial charge in [0.05, 0.1) is 41.3 Å². The second kappa shape index (κ2) is 4.52. The predicted molar refractivity (Wildman–Crippen MR) is 88.5 cm³/mol. The number of rotatable bonds is 0. The third kappa shape index (κ3) is 1.73. The smallest absolute Gasteiger partial charge is 0.200 e. The fourth-order valence-electron chi connectivity index (χ4n) is 3.85. The van der Waals surface area contributed by atoms with Crippen molar-refractivity contribution in [1.29, 1.82) is 0 Å². The van der Waals surface area contributed by atoms with Gasteiger partial charge in [0.1, 0.15) is 17.2 Å². The topological polar surface area (TPSA) is 108 Å². The highest BCUT2D eigenvalue weighted by molar-refractivity contribution is 6.32. The van der Waals surface area contributed by atoms with Gasteiger partial charge < -0.3 is 25.6 Å². The van der Waals surface area contributed by atoms with Crippen LogP contribution >= 0.6 is 0 Å². The van der Waals surface area contributed by atoms with Crippen LogP contribution in [0, 0.1) is 0 Å². The van der Waals surface area contributed by atoms with E-state index in [-0.39, 0.29) is 33.8 Å². The molecule has 4 N–H and O–H groups in total. The molecule has 7 nitrogen and oxygen atoms in total. The molecule has 3 aliphatic rings. The SMILES string of the molecule is O=C1c2ccc3c(c2C(=O)c2c(O)ccc(O)c21)NC1(CCOC1)N3. The molecule has 0 bridgehead atoms. The lowest BCUT2D eigenvalue weighted by atomic mass is 9.82. The zero-order valence-corrected chi connectivity index (χ0v) is 13.0. The zero-order chi connectivity index (χ0) is 17.3. The molecule has 1 atom stereocenters. The molecule has 0 saturated carbocycles. The summed E-state index contributed by atoms with van der Waals surface area (Å²) in [5.41, 5.74) is 0.888. The largest absolute Gasteiger partial charge is 0.507 e. The molecule has 7 heteroatoms. The van der Waals surface area contributed by atoms with Gasteiger partial charge in [-0.2, -0.15) is 0 Å². The molecular formula is C18H14N2O5. The highest BCUT2D eigenvalue weighted by atomic mass is 16.5. The predicted octanol–water partition coefficient (Wildman–Crippen LogP) is 1.83. The maximum absolute atomic E-state index is 13.1. The van der Waals surface area contributed by atoms with Crippen molar-refractivity contribution in [3.05, 3.63) is 46.5 Å². The summed E-state index contributed by atoms with van der Waals surface area (Å²) in [5.74, 6) is -1.60. The van der Waals surface area contributed by atoms with E-state index in [4.69, 9.17) is 4.74 Å². The molecule has 2 aliphatic heterocycles. The van der Waals surface area contributed by atoms with E-state index in [1.54, 1.807) is 12.1 Å². The van der Waals surface area contributed by atoms with Crippen LogP contribution in [-0.4, -0.2) is 40.7 Å². The van der Waals surface area contributed by atoms with Crippen molar-refractivity contribution in [2.75, 3.05) is 23.8 Å². The van der Waals surface area contributed by atoms with Gasteiger partial charge in [0.15, 0.2) is 5.78 Å². The number of phenolic OH excluding ortho intramolecular Hbond substituents is 2. The second-order valence-corrected chi connectivity index (χ2v) is 6.56. The van der Waals surface area contributed by atoms with E-state index < -0.39 is 17.2 Å². The quantitative estimate of drug-likeness (QED) is 0.463. The molecule has 0 aromatic heterocycles. The average Bonchev–Trinajstić information content (AvgIpc) is 3.20. The first-order valence-electron chi connectivity index (χ1n) is 7.96. The number of carbonyl (C=O) groups excluding carboxylic acids is 2. The van der Waals surface area contributed by atoms with Gasteiger partial charge in [-0.3, -0.25) is 9.59 Å². The Labute approximate surface area is 142 Å². The van der Waals surface area contributed by atoms with E-state index >= 15 is 0 Å². The highest BCUT2D eigenvalue weighted by Crippen LogP contribution is 2.46. The van der Waals surface area contributed by atoms with E-state index in [9.17, 15) is 19.8 Å². The lowest BCUT2D eigenvalue weighted by Crippen LogP contribution is -2.42. The van der Waals surface area contributed by atoms with Crippen LogP contribution < -0.4 is 10.6 Å². The summed E-state index contributed by atoms with van der Waals surface area (Å²) in [4.78, 5) is 25.9. The lowest BCUT2D eigenvalue weighted by Gasteiger charge is -2.24. The van der Waals surface area contributed by atoms with E-state index in [2.05, 4.69) is 10.6 Å². The molecular weight excluding hydrogens is 324 g/mol. The Kier molecular flexibility index (Phi) is 2.58. The number of carbonyl (C=O) groups is 2. The molecule has 1 aliphatic carbocycles. The Bertz CT molecular complexity index is 976. The molecule has 1 unspecified atom stereocenters. The number of benzene rings is 2. The summed E-state index contributed by atoms with van der Waals surface area (Å²) < 4.78 is 5.45. The molecule has 0 radical (unpaired) electrons. The van der Waals surface area contributed by atoms with Crippen LogP contribution in [-0.2, 0) is 4.74 Å². The van der Waals surface area contributed by atoms with E-state index in [0.717, 1.165) is 6.42 Å². The first-order valence-corrected chi connectivity index (χ1v) is 7.96. The van der Waals surface area contributed by atoms with Crippen LogP contribution in [0.5, 0.6) is 11.5 Å². The van der Waals surface area contributed by atoms with Gasteiger partial charge in [0.2, 0.25) is 5.78 Å². The molecule has 1 saturated heterocycles. The molecule has 25 heavy (non-hydrogen) atoms. The third-order valence-corrected chi connectivity index (χ3v) is 5.05. The van der Waals surface area contributed by atoms with E-state index in [1.165, 1.54) is 12.1 Å². The van der Waals surface area contributed by atoms with Crippen LogP contribution in [0.15, 0.2) is 24.3 Å². The Hall–Kier alpha value is -3.06. The van der Waals surface area contributed by atoms with Crippen molar-refractivity contribution >= 4 is 22.9 Å². The number of ketones is 2. The number of ether oxygens (including phenoxy) is 1. The van der Waals surface area contributed by atoms with Gasteiger partial charge in [-0.1, -0.05) is 0 Å². The third-order valence-electron chi connectivity index (χ3n) is 5.05. The summed E-state index contributed by atoms with van der Waals surface area (Å²) in [6.07, 6.45) is 0.723. The second-order valence-electron chi connectivity index (χ2n) is 6.56. The summed E-state index contributed by atoms with van der Waals surface area (Å²) >= 11 is 0.